The molecule has 5 nitrogen and oxygen atoms in total. The number of rotatable bonds is 3. The minimum atomic E-state index is -0.407. The van der Waals surface area contributed by atoms with Crippen molar-refractivity contribution in [3.63, 3.8) is 0 Å². The third-order valence-electron chi connectivity index (χ3n) is 2.64. The Hall–Kier alpha value is -1.88. The highest BCUT2D eigenvalue weighted by Gasteiger charge is 2.18. The largest absolute Gasteiger partial charge is 0.464 e. The van der Waals surface area contributed by atoms with E-state index in [9.17, 15) is 4.79 Å². The first-order valence-electron chi connectivity index (χ1n) is 5.39. The average molecular weight is 233 g/mol. The van der Waals surface area contributed by atoms with Gasteiger partial charge in [-0.2, -0.15) is 0 Å². The summed E-state index contributed by atoms with van der Waals surface area (Å²) in [5, 5.41) is 3.04. The van der Waals surface area contributed by atoms with Crippen LogP contribution < -0.4 is 5.32 Å². The number of fused-ring (bicyclic) bond motifs is 1. The number of esters is 1. The molecule has 0 radical (unpaired) electrons. The van der Waals surface area contributed by atoms with Crippen molar-refractivity contribution in [3.05, 3.63) is 35.4 Å². The Labute approximate surface area is 99.4 Å². The summed E-state index contributed by atoms with van der Waals surface area (Å²) in [6, 6.07) is 5.75. The fourth-order valence-corrected chi connectivity index (χ4v) is 1.90. The summed E-state index contributed by atoms with van der Waals surface area (Å²) in [6.07, 6.45) is 0. The van der Waals surface area contributed by atoms with Gasteiger partial charge < -0.3 is 10.1 Å². The van der Waals surface area contributed by atoms with Crippen molar-refractivity contribution >= 4 is 11.5 Å². The molecule has 0 saturated heterocycles. The van der Waals surface area contributed by atoms with E-state index in [1.807, 2.05) is 36.6 Å². The van der Waals surface area contributed by atoms with Gasteiger partial charge in [0, 0.05) is 5.69 Å². The van der Waals surface area contributed by atoms with Crippen molar-refractivity contribution in [2.45, 2.75) is 13.5 Å². The molecule has 2 aromatic rings. The van der Waals surface area contributed by atoms with Gasteiger partial charge in [-0.05, 0) is 26.1 Å². The van der Waals surface area contributed by atoms with Crippen molar-refractivity contribution in [1.82, 2.24) is 14.7 Å². The van der Waals surface area contributed by atoms with E-state index in [1.165, 1.54) is 7.11 Å². The summed E-state index contributed by atoms with van der Waals surface area (Å²) in [4.78, 5) is 16.0. The van der Waals surface area contributed by atoms with Gasteiger partial charge in [0.1, 0.15) is 5.82 Å². The summed E-state index contributed by atoms with van der Waals surface area (Å²) in [6.45, 7) is 2.58. The number of methoxy groups -OCH3 is 1. The van der Waals surface area contributed by atoms with E-state index >= 15 is 0 Å². The molecule has 0 unspecified atom stereocenters. The lowest BCUT2D eigenvalue weighted by atomic mass is 10.3. The number of carbonyl (C=O) groups is 1. The van der Waals surface area contributed by atoms with Crippen LogP contribution in [0.5, 0.6) is 0 Å². The Morgan fingerprint density at radius 2 is 2.29 bits per heavy atom. The molecule has 2 heterocycles. The first-order chi connectivity index (χ1) is 8.19. The summed E-state index contributed by atoms with van der Waals surface area (Å²) < 4.78 is 6.70. The van der Waals surface area contributed by atoms with Crippen molar-refractivity contribution in [1.29, 1.82) is 0 Å². The SMILES string of the molecule is CNCc1nc(C(=O)OC)c2cccc(C)n12. The van der Waals surface area contributed by atoms with Crippen molar-refractivity contribution in [2.75, 3.05) is 14.2 Å². The van der Waals surface area contributed by atoms with Crippen LogP contribution in [-0.2, 0) is 11.3 Å². The predicted molar refractivity (Wildman–Crippen MR) is 64.0 cm³/mol. The van der Waals surface area contributed by atoms with Crippen molar-refractivity contribution < 1.29 is 9.53 Å². The molecule has 0 amide bonds. The van der Waals surface area contributed by atoms with E-state index in [0.29, 0.717) is 12.2 Å². The number of hydrogen-bond donors (Lipinski definition) is 1. The second-order valence-corrected chi connectivity index (χ2v) is 3.79. The van der Waals surface area contributed by atoms with E-state index in [1.54, 1.807) is 0 Å². The molecule has 0 atom stereocenters. The number of imidazole rings is 1. The van der Waals surface area contributed by atoms with Gasteiger partial charge in [0.2, 0.25) is 0 Å². The Kier molecular flexibility index (Phi) is 3.10. The van der Waals surface area contributed by atoms with Crippen LogP contribution in [0.2, 0.25) is 0 Å². The predicted octanol–water partition coefficient (Wildman–Crippen LogP) is 1.15. The molecule has 0 aromatic carbocycles. The fourth-order valence-electron chi connectivity index (χ4n) is 1.90. The third kappa shape index (κ3) is 1.89. The molecular weight excluding hydrogens is 218 g/mol. The Bertz CT molecular complexity index is 560. The molecule has 0 saturated carbocycles. The highest BCUT2D eigenvalue weighted by Crippen LogP contribution is 2.16. The van der Waals surface area contributed by atoms with Crippen molar-refractivity contribution in [2.24, 2.45) is 0 Å². The quantitative estimate of drug-likeness (QED) is 0.808. The monoisotopic (exact) mass is 233 g/mol. The van der Waals surface area contributed by atoms with Crippen LogP contribution in [0.4, 0.5) is 0 Å². The number of aromatic nitrogens is 2. The molecule has 0 aliphatic rings. The van der Waals surface area contributed by atoms with E-state index in [4.69, 9.17) is 4.74 Å². The lowest BCUT2D eigenvalue weighted by Gasteiger charge is -2.03. The molecule has 2 rings (SSSR count). The van der Waals surface area contributed by atoms with Gasteiger partial charge in [0.05, 0.1) is 19.2 Å². The zero-order valence-corrected chi connectivity index (χ0v) is 10.2. The normalized spacial score (nSPS) is 10.8. The van der Waals surface area contributed by atoms with Gasteiger partial charge in [-0.3, -0.25) is 4.40 Å². The Balaban J connectivity index is 2.70. The second-order valence-electron chi connectivity index (χ2n) is 3.79. The Morgan fingerprint density at radius 3 is 2.94 bits per heavy atom. The molecule has 0 fully saturated rings. The number of ether oxygens (including phenoxy) is 1. The highest BCUT2D eigenvalue weighted by atomic mass is 16.5. The maximum atomic E-state index is 11.6. The van der Waals surface area contributed by atoms with Gasteiger partial charge in [0.25, 0.3) is 0 Å². The van der Waals surface area contributed by atoms with Crippen LogP contribution in [0.15, 0.2) is 18.2 Å². The van der Waals surface area contributed by atoms with Gasteiger partial charge in [-0.25, -0.2) is 9.78 Å². The minimum absolute atomic E-state index is 0.362. The third-order valence-corrected chi connectivity index (χ3v) is 2.64. The van der Waals surface area contributed by atoms with Gasteiger partial charge >= 0.3 is 5.97 Å². The average Bonchev–Trinajstić information content (AvgIpc) is 2.69. The van der Waals surface area contributed by atoms with E-state index in [2.05, 4.69) is 10.3 Å². The zero-order chi connectivity index (χ0) is 12.4. The summed E-state index contributed by atoms with van der Waals surface area (Å²) in [7, 11) is 3.21. The van der Waals surface area contributed by atoms with Crippen LogP contribution in [0.1, 0.15) is 22.0 Å². The van der Waals surface area contributed by atoms with Crippen LogP contribution in [0.25, 0.3) is 5.52 Å². The second kappa shape index (κ2) is 4.55. The van der Waals surface area contributed by atoms with Gasteiger partial charge in [-0.1, -0.05) is 6.07 Å². The lowest BCUT2D eigenvalue weighted by Crippen LogP contribution is -2.10. The molecule has 0 spiro atoms. The number of hydrogen-bond acceptors (Lipinski definition) is 4. The number of nitrogens with one attached hydrogen (secondary N) is 1. The van der Waals surface area contributed by atoms with E-state index < -0.39 is 5.97 Å². The van der Waals surface area contributed by atoms with Gasteiger partial charge in [-0.15, -0.1) is 0 Å². The molecule has 0 bridgehead atoms. The number of aryl methyl sites for hydroxylation is 1. The molecule has 90 valence electrons. The topological polar surface area (TPSA) is 55.6 Å². The minimum Gasteiger partial charge on any atom is -0.464 e. The summed E-state index contributed by atoms with van der Waals surface area (Å²) in [5.41, 5.74) is 2.18. The maximum Gasteiger partial charge on any atom is 0.358 e. The van der Waals surface area contributed by atoms with Gasteiger partial charge in [0.15, 0.2) is 5.69 Å². The fraction of sp³-hybridized carbons (Fsp3) is 0.333. The van der Waals surface area contributed by atoms with Crippen LogP contribution in [-0.4, -0.2) is 29.5 Å². The molecular formula is C12H15N3O2. The lowest BCUT2D eigenvalue weighted by molar-refractivity contribution is 0.0597. The Morgan fingerprint density at radius 1 is 1.53 bits per heavy atom. The highest BCUT2D eigenvalue weighted by molar-refractivity contribution is 5.95. The zero-order valence-electron chi connectivity index (χ0n) is 10.2. The summed E-state index contributed by atoms with van der Waals surface area (Å²) in [5.74, 6) is 0.399. The van der Waals surface area contributed by atoms with Crippen LogP contribution in [0.3, 0.4) is 0 Å². The summed E-state index contributed by atoms with van der Waals surface area (Å²) >= 11 is 0. The standard InChI is InChI=1S/C12H15N3O2/c1-8-5-4-6-9-11(12(16)17-3)14-10(7-13-2)15(8)9/h4-6,13H,7H2,1-3H3. The maximum absolute atomic E-state index is 11.6. The number of pyridine rings is 1. The van der Waals surface area contributed by atoms with Crippen molar-refractivity contribution in [3.8, 4) is 0 Å². The smallest absolute Gasteiger partial charge is 0.358 e. The number of nitrogens with zero attached hydrogens (tertiary/aromatic N) is 2. The van der Waals surface area contributed by atoms with E-state index in [-0.39, 0.29) is 0 Å². The molecule has 2 aromatic heterocycles. The number of carbonyl (C=O) groups excluding carboxylic acids is 1. The first-order valence-corrected chi connectivity index (χ1v) is 5.39. The molecule has 5 heteroatoms. The van der Waals surface area contributed by atoms with Crippen LogP contribution in [0, 0.1) is 6.92 Å². The molecule has 0 aliphatic heterocycles. The molecule has 0 aliphatic carbocycles. The van der Waals surface area contributed by atoms with E-state index in [0.717, 1.165) is 17.0 Å². The van der Waals surface area contributed by atoms with Crippen LogP contribution >= 0.6 is 0 Å². The molecule has 1 N–H and O–H groups in total. The first kappa shape index (κ1) is 11.6. The molecule has 17 heavy (non-hydrogen) atoms.